The van der Waals surface area contributed by atoms with Gasteiger partial charge in [0, 0.05) is 0 Å². The van der Waals surface area contributed by atoms with Crippen LogP contribution in [0.5, 0.6) is 0 Å². The number of amides is 1. The molecule has 0 spiro atoms. The van der Waals surface area contributed by atoms with Crippen LogP contribution < -0.4 is 5.32 Å². The molecule has 126 valence electrons. The second-order valence-corrected chi connectivity index (χ2v) is 5.60. The maximum Gasteiger partial charge on any atom is 0.408 e. The molecule has 2 atom stereocenters. The van der Waals surface area contributed by atoms with Crippen LogP contribution in [0.1, 0.15) is 31.7 Å². The van der Waals surface area contributed by atoms with Crippen molar-refractivity contribution in [3.63, 3.8) is 0 Å². The van der Waals surface area contributed by atoms with Crippen LogP contribution in [0.3, 0.4) is 0 Å². The molecule has 0 aromatic heterocycles. The lowest BCUT2D eigenvalue weighted by Gasteiger charge is -2.31. The number of esters is 1. The summed E-state index contributed by atoms with van der Waals surface area (Å²) in [6.45, 7) is 1.88. The SMILES string of the molecule is COC(=O)[C@@H](NC(=O)OCc1ccccc1)C(C)OC1CCC1. The minimum Gasteiger partial charge on any atom is -0.467 e. The number of benzene rings is 1. The van der Waals surface area contributed by atoms with Gasteiger partial charge < -0.3 is 19.5 Å². The second-order valence-electron chi connectivity index (χ2n) is 5.60. The summed E-state index contributed by atoms with van der Waals surface area (Å²) in [5.74, 6) is -0.548. The van der Waals surface area contributed by atoms with Gasteiger partial charge in [-0.2, -0.15) is 0 Å². The summed E-state index contributed by atoms with van der Waals surface area (Å²) >= 11 is 0. The van der Waals surface area contributed by atoms with Crippen molar-refractivity contribution in [2.45, 2.75) is 51.0 Å². The minimum absolute atomic E-state index is 0.137. The number of hydrogen-bond donors (Lipinski definition) is 1. The van der Waals surface area contributed by atoms with Gasteiger partial charge in [-0.05, 0) is 31.7 Å². The average molecular weight is 321 g/mol. The third-order valence-corrected chi connectivity index (χ3v) is 3.87. The monoisotopic (exact) mass is 321 g/mol. The number of nitrogens with one attached hydrogen (secondary N) is 1. The van der Waals surface area contributed by atoms with Gasteiger partial charge in [0.2, 0.25) is 0 Å². The summed E-state index contributed by atoms with van der Waals surface area (Å²) in [7, 11) is 1.28. The molecule has 1 fully saturated rings. The van der Waals surface area contributed by atoms with E-state index in [2.05, 4.69) is 5.32 Å². The Morgan fingerprint density at radius 3 is 2.52 bits per heavy atom. The summed E-state index contributed by atoms with van der Waals surface area (Å²) in [4.78, 5) is 23.8. The van der Waals surface area contributed by atoms with Crippen molar-refractivity contribution >= 4 is 12.1 Å². The Hall–Kier alpha value is -2.08. The molecule has 1 N–H and O–H groups in total. The zero-order valence-electron chi connectivity index (χ0n) is 13.5. The fourth-order valence-corrected chi connectivity index (χ4v) is 2.28. The topological polar surface area (TPSA) is 73.9 Å². The normalized spacial score (nSPS) is 16.8. The van der Waals surface area contributed by atoms with E-state index >= 15 is 0 Å². The Balaban J connectivity index is 1.85. The third-order valence-electron chi connectivity index (χ3n) is 3.87. The molecule has 0 saturated heterocycles. The summed E-state index contributed by atoms with van der Waals surface area (Å²) in [5, 5.41) is 2.53. The third kappa shape index (κ3) is 5.25. The highest BCUT2D eigenvalue weighted by Crippen LogP contribution is 2.24. The highest BCUT2D eigenvalue weighted by molar-refractivity contribution is 5.81. The molecule has 1 amide bonds. The van der Waals surface area contributed by atoms with Gasteiger partial charge in [-0.25, -0.2) is 9.59 Å². The van der Waals surface area contributed by atoms with Crippen molar-refractivity contribution in [3.8, 4) is 0 Å². The molecule has 0 aliphatic heterocycles. The lowest BCUT2D eigenvalue weighted by molar-refractivity contribution is -0.149. The average Bonchev–Trinajstić information content (AvgIpc) is 2.54. The molecular formula is C17H23NO5. The van der Waals surface area contributed by atoms with Crippen LogP contribution in [0.25, 0.3) is 0 Å². The number of hydrogen-bond acceptors (Lipinski definition) is 5. The molecular weight excluding hydrogens is 298 g/mol. The molecule has 0 heterocycles. The van der Waals surface area contributed by atoms with Gasteiger partial charge in [0.15, 0.2) is 6.04 Å². The van der Waals surface area contributed by atoms with Crippen LogP contribution in [-0.2, 0) is 25.6 Å². The summed E-state index contributed by atoms with van der Waals surface area (Å²) in [6, 6.07) is 8.44. The molecule has 1 aromatic carbocycles. The minimum atomic E-state index is -0.885. The first-order valence-electron chi connectivity index (χ1n) is 7.80. The standard InChI is InChI=1S/C17H23NO5/c1-12(23-14-9-6-10-14)15(16(19)21-2)18-17(20)22-11-13-7-4-3-5-8-13/h3-5,7-8,12,14-15H,6,9-11H2,1-2H3,(H,18,20)/t12?,15-/m0/s1. The zero-order chi connectivity index (χ0) is 16.7. The molecule has 1 unspecified atom stereocenters. The maximum absolute atomic E-state index is 11.9. The Bertz CT molecular complexity index is 515. The number of ether oxygens (including phenoxy) is 3. The quantitative estimate of drug-likeness (QED) is 0.781. The first-order valence-corrected chi connectivity index (χ1v) is 7.80. The van der Waals surface area contributed by atoms with Crippen molar-refractivity contribution in [3.05, 3.63) is 35.9 Å². The maximum atomic E-state index is 11.9. The molecule has 6 heteroatoms. The first kappa shape index (κ1) is 17.3. The van der Waals surface area contributed by atoms with E-state index in [-0.39, 0.29) is 12.7 Å². The Morgan fingerprint density at radius 1 is 1.26 bits per heavy atom. The number of carbonyl (C=O) groups is 2. The molecule has 0 radical (unpaired) electrons. The molecule has 1 aliphatic rings. The van der Waals surface area contributed by atoms with Crippen LogP contribution in [-0.4, -0.2) is 37.4 Å². The van der Waals surface area contributed by atoms with Gasteiger partial charge in [0.1, 0.15) is 6.61 Å². The Morgan fingerprint density at radius 2 is 1.96 bits per heavy atom. The highest BCUT2D eigenvalue weighted by atomic mass is 16.6. The molecule has 1 aliphatic carbocycles. The van der Waals surface area contributed by atoms with E-state index < -0.39 is 24.2 Å². The molecule has 2 rings (SSSR count). The van der Waals surface area contributed by atoms with Crippen LogP contribution in [0.4, 0.5) is 4.79 Å². The summed E-state index contributed by atoms with van der Waals surface area (Å²) < 4.78 is 15.6. The number of alkyl carbamates (subject to hydrolysis) is 1. The summed E-state index contributed by atoms with van der Waals surface area (Å²) in [5.41, 5.74) is 0.871. The zero-order valence-corrected chi connectivity index (χ0v) is 13.5. The van der Waals surface area contributed by atoms with Crippen LogP contribution in [0.2, 0.25) is 0 Å². The van der Waals surface area contributed by atoms with Crippen LogP contribution in [0, 0.1) is 0 Å². The number of methoxy groups -OCH3 is 1. The van der Waals surface area contributed by atoms with Gasteiger partial charge in [-0.15, -0.1) is 0 Å². The van der Waals surface area contributed by atoms with Crippen molar-refractivity contribution in [2.75, 3.05) is 7.11 Å². The van der Waals surface area contributed by atoms with E-state index in [0.717, 1.165) is 24.8 Å². The number of carbonyl (C=O) groups excluding carboxylic acids is 2. The second kappa shape index (κ2) is 8.53. The van der Waals surface area contributed by atoms with Crippen molar-refractivity contribution in [1.82, 2.24) is 5.32 Å². The van der Waals surface area contributed by atoms with Crippen LogP contribution in [0.15, 0.2) is 30.3 Å². The molecule has 23 heavy (non-hydrogen) atoms. The van der Waals surface area contributed by atoms with Gasteiger partial charge >= 0.3 is 12.1 Å². The van der Waals surface area contributed by atoms with E-state index in [1.807, 2.05) is 30.3 Å². The van der Waals surface area contributed by atoms with E-state index in [1.165, 1.54) is 7.11 Å². The lowest BCUT2D eigenvalue weighted by Crippen LogP contribution is -2.50. The van der Waals surface area contributed by atoms with E-state index in [9.17, 15) is 9.59 Å². The highest BCUT2D eigenvalue weighted by Gasteiger charge is 2.32. The van der Waals surface area contributed by atoms with E-state index in [1.54, 1.807) is 6.92 Å². The van der Waals surface area contributed by atoms with Crippen molar-refractivity contribution in [1.29, 1.82) is 0 Å². The number of rotatable bonds is 7. The Kier molecular flexibility index (Phi) is 6.40. The largest absolute Gasteiger partial charge is 0.467 e. The smallest absolute Gasteiger partial charge is 0.408 e. The van der Waals surface area contributed by atoms with E-state index in [4.69, 9.17) is 14.2 Å². The van der Waals surface area contributed by atoms with E-state index in [0.29, 0.717) is 0 Å². The summed E-state index contributed by atoms with van der Waals surface area (Å²) in [6.07, 6.45) is 2.10. The van der Waals surface area contributed by atoms with Gasteiger partial charge in [0.25, 0.3) is 0 Å². The van der Waals surface area contributed by atoms with Gasteiger partial charge in [-0.1, -0.05) is 30.3 Å². The lowest BCUT2D eigenvalue weighted by atomic mass is 9.96. The fourth-order valence-electron chi connectivity index (χ4n) is 2.28. The predicted molar refractivity (Wildman–Crippen MR) is 83.8 cm³/mol. The van der Waals surface area contributed by atoms with Crippen LogP contribution >= 0.6 is 0 Å². The van der Waals surface area contributed by atoms with Gasteiger partial charge in [-0.3, -0.25) is 0 Å². The fraction of sp³-hybridized carbons (Fsp3) is 0.529. The van der Waals surface area contributed by atoms with Crippen molar-refractivity contribution < 1.29 is 23.8 Å². The predicted octanol–water partition coefficient (Wildman–Crippen LogP) is 2.41. The van der Waals surface area contributed by atoms with Crippen molar-refractivity contribution in [2.24, 2.45) is 0 Å². The molecule has 6 nitrogen and oxygen atoms in total. The van der Waals surface area contributed by atoms with Gasteiger partial charge in [0.05, 0.1) is 19.3 Å². The molecule has 0 bridgehead atoms. The molecule has 1 saturated carbocycles. The first-order chi connectivity index (χ1) is 11.1. The Labute approximate surface area is 136 Å². The molecule has 1 aromatic rings.